The van der Waals surface area contributed by atoms with Crippen LogP contribution in [0.25, 0.3) is 0 Å². The number of carbonyl (C=O) groups excluding carboxylic acids is 1. The Hall–Kier alpha value is -0.910. The Bertz CT molecular complexity index is 449. The number of piperazine rings is 1. The molecule has 1 fully saturated rings. The molecule has 0 aromatic heterocycles. The molecular formula is C15H22BrN3O. The maximum atomic E-state index is 12.1. The summed E-state index contributed by atoms with van der Waals surface area (Å²) in [6, 6.07) is 8.50. The van der Waals surface area contributed by atoms with Gasteiger partial charge in [0.15, 0.2) is 0 Å². The maximum absolute atomic E-state index is 12.1. The first kappa shape index (κ1) is 15.5. The molecule has 1 aliphatic heterocycles. The van der Waals surface area contributed by atoms with E-state index >= 15 is 0 Å². The van der Waals surface area contributed by atoms with Crippen molar-refractivity contribution in [3.8, 4) is 0 Å². The molecule has 0 aliphatic carbocycles. The van der Waals surface area contributed by atoms with Gasteiger partial charge in [0.05, 0.1) is 12.6 Å². The number of benzene rings is 1. The second kappa shape index (κ2) is 7.20. The molecule has 4 nitrogen and oxygen atoms in total. The highest BCUT2D eigenvalue weighted by Gasteiger charge is 2.20. The van der Waals surface area contributed by atoms with Gasteiger partial charge in [0.1, 0.15) is 0 Å². The van der Waals surface area contributed by atoms with Crippen molar-refractivity contribution in [3.05, 3.63) is 34.3 Å². The molecule has 20 heavy (non-hydrogen) atoms. The largest absolute Gasteiger partial charge is 0.348 e. The van der Waals surface area contributed by atoms with Crippen LogP contribution < -0.4 is 10.6 Å². The van der Waals surface area contributed by atoms with E-state index in [1.807, 2.05) is 31.2 Å². The highest BCUT2D eigenvalue weighted by Crippen LogP contribution is 2.16. The van der Waals surface area contributed by atoms with Crippen LogP contribution in [0.4, 0.5) is 0 Å². The van der Waals surface area contributed by atoms with Crippen LogP contribution in [-0.2, 0) is 4.79 Å². The Morgan fingerprint density at radius 2 is 2.20 bits per heavy atom. The lowest BCUT2D eigenvalue weighted by Crippen LogP contribution is -2.52. The summed E-state index contributed by atoms with van der Waals surface area (Å²) >= 11 is 3.42. The van der Waals surface area contributed by atoms with Crippen molar-refractivity contribution in [1.82, 2.24) is 15.5 Å². The number of rotatable bonds is 4. The van der Waals surface area contributed by atoms with E-state index in [9.17, 15) is 4.79 Å². The fraction of sp³-hybridized carbons (Fsp3) is 0.533. The lowest BCUT2D eigenvalue weighted by Gasteiger charge is -2.33. The van der Waals surface area contributed by atoms with E-state index < -0.39 is 0 Å². The Morgan fingerprint density at radius 1 is 1.50 bits per heavy atom. The first-order valence-corrected chi connectivity index (χ1v) is 7.85. The third-order valence-corrected chi connectivity index (χ3v) is 4.26. The molecule has 1 aliphatic rings. The topological polar surface area (TPSA) is 44.4 Å². The number of nitrogens with zero attached hydrogens (tertiary/aromatic N) is 1. The molecule has 1 unspecified atom stereocenters. The highest BCUT2D eigenvalue weighted by atomic mass is 79.9. The quantitative estimate of drug-likeness (QED) is 0.880. The van der Waals surface area contributed by atoms with Crippen molar-refractivity contribution in [2.45, 2.75) is 25.9 Å². The van der Waals surface area contributed by atoms with E-state index in [0.717, 1.165) is 29.7 Å². The molecule has 0 radical (unpaired) electrons. The van der Waals surface area contributed by atoms with Crippen molar-refractivity contribution in [3.63, 3.8) is 0 Å². The summed E-state index contributed by atoms with van der Waals surface area (Å²) in [6.45, 7) is 7.49. The zero-order chi connectivity index (χ0) is 14.5. The van der Waals surface area contributed by atoms with Gasteiger partial charge in [-0.25, -0.2) is 0 Å². The first-order valence-electron chi connectivity index (χ1n) is 7.06. The van der Waals surface area contributed by atoms with Crippen LogP contribution in [0.1, 0.15) is 25.5 Å². The minimum atomic E-state index is 0.0359. The number of hydrogen-bond acceptors (Lipinski definition) is 3. The SMILES string of the molecule is CC(NC(=O)CN1CCNC[C@H]1C)c1ccc(Br)cc1. The van der Waals surface area contributed by atoms with Crippen molar-refractivity contribution in [2.75, 3.05) is 26.2 Å². The van der Waals surface area contributed by atoms with Crippen molar-refractivity contribution in [1.29, 1.82) is 0 Å². The molecule has 0 spiro atoms. The predicted molar refractivity (Wildman–Crippen MR) is 84.6 cm³/mol. The Balaban J connectivity index is 1.85. The minimum absolute atomic E-state index is 0.0359. The van der Waals surface area contributed by atoms with Crippen LogP contribution in [0.5, 0.6) is 0 Å². The number of amides is 1. The molecular weight excluding hydrogens is 318 g/mol. The molecule has 2 atom stereocenters. The van der Waals surface area contributed by atoms with E-state index in [1.54, 1.807) is 0 Å². The average Bonchev–Trinajstić information content (AvgIpc) is 2.42. The summed E-state index contributed by atoms with van der Waals surface area (Å²) in [5.41, 5.74) is 1.12. The second-order valence-corrected chi connectivity index (χ2v) is 6.28. The average molecular weight is 340 g/mol. The number of hydrogen-bond donors (Lipinski definition) is 2. The lowest BCUT2D eigenvalue weighted by atomic mass is 10.1. The van der Waals surface area contributed by atoms with E-state index in [1.165, 1.54) is 0 Å². The summed E-state index contributed by atoms with van der Waals surface area (Å²) in [5.74, 6) is 0.0918. The normalized spacial score (nSPS) is 21.4. The van der Waals surface area contributed by atoms with E-state index in [0.29, 0.717) is 12.6 Å². The molecule has 2 rings (SSSR count). The van der Waals surface area contributed by atoms with Crippen LogP contribution in [-0.4, -0.2) is 43.0 Å². The summed E-state index contributed by atoms with van der Waals surface area (Å²) in [5, 5.41) is 6.40. The van der Waals surface area contributed by atoms with Gasteiger partial charge in [-0.1, -0.05) is 28.1 Å². The van der Waals surface area contributed by atoms with Crippen LogP contribution in [0.15, 0.2) is 28.7 Å². The molecule has 1 amide bonds. The smallest absolute Gasteiger partial charge is 0.234 e. The van der Waals surface area contributed by atoms with Gasteiger partial charge < -0.3 is 10.6 Å². The molecule has 1 heterocycles. The molecule has 1 aromatic carbocycles. The van der Waals surface area contributed by atoms with E-state index in [2.05, 4.69) is 38.4 Å². The molecule has 5 heteroatoms. The van der Waals surface area contributed by atoms with Crippen LogP contribution in [0.2, 0.25) is 0 Å². The zero-order valence-electron chi connectivity index (χ0n) is 12.0. The molecule has 1 saturated heterocycles. The highest BCUT2D eigenvalue weighted by molar-refractivity contribution is 9.10. The first-order chi connectivity index (χ1) is 9.56. The van der Waals surface area contributed by atoms with Gasteiger partial charge in [-0.05, 0) is 31.5 Å². The minimum Gasteiger partial charge on any atom is -0.348 e. The third kappa shape index (κ3) is 4.30. The van der Waals surface area contributed by atoms with Gasteiger partial charge in [0.25, 0.3) is 0 Å². The molecule has 0 saturated carbocycles. The van der Waals surface area contributed by atoms with Crippen molar-refractivity contribution >= 4 is 21.8 Å². The van der Waals surface area contributed by atoms with E-state index in [4.69, 9.17) is 0 Å². The van der Waals surface area contributed by atoms with Gasteiger partial charge in [-0.15, -0.1) is 0 Å². The van der Waals surface area contributed by atoms with Gasteiger partial charge in [-0.2, -0.15) is 0 Å². The lowest BCUT2D eigenvalue weighted by molar-refractivity contribution is -0.123. The standard InChI is InChI=1S/C15H22BrN3O/c1-11-9-17-7-8-19(11)10-15(20)18-12(2)13-3-5-14(16)6-4-13/h3-6,11-12,17H,7-10H2,1-2H3,(H,18,20)/t11-,12?/m1/s1. The summed E-state index contributed by atoms with van der Waals surface area (Å²) in [4.78, 5) is 14.3. The second-order valence-electron chi connectivity index (χ2n) is 5.36. The fourth-order valence-electron chi connectivity index (χ4n) is 2.42. The number of halogens is 1. The van der Waals surface area contributed by atoms with Gasteiger partial charge in [-0.3, -0.25) is 9.69 Å². The van der Waals surface area contributed by atoms with Gasteiger partial charge >= 0.3 is 0 Å². The van der Waals surface area contributed by atoms with Crippen LogP contribution in [0.3, 0.4) is 0 Å². The third-order valence-electron chi connectivity index (χ3n) is 3.73. The predicted octanol–water partition coefficient (Wildman–Crippen LogP) is 1.92. The van der Waals surface area contributed by atoms with Crippen LogP contribution in [0, 0.1) is 0 Å². The van der Waals surface area contributed by atoms with E-state index in [-0.39, 0.29) is 11.9 Å². The number of carbonyl (C=O) groups is 1. The summed E-state index contributed by atoms with van der Waals surface area (Å²) in [7, 11) is 0. The maximum Gasteiger partial charge on any atom is 0.234 e. The fourth-order valence-corrected chi connectivity index (χ4v) is 2.69. The summed E-state index contributed by atoms with van der Waals surface area (Å²) < 4.78 is 1.05. The Morgan fingerprint density at radius 3 is 2.85 bits per heavy atom. The monoisotopic (exact) mass is 339 g/mol. The molecule has 2 N–H and O–H groups in total. The summed E-state index contributed by atoms with van der Waals surface area (Å²) in [6.07, 6.45) is 0. The zero-order valence-corrected chi connectivity index (χ0v) is 13.6. The molecule has 110 valence electrons. The van der Waals surface area contributed by atoms with Gasteiger partial charge in [0, 0.05) is 30.1 Å². The molecule has 1 aromatic rings. The number of nitrogens with one attached hydrogen (secondary N) is 2. The van der Waals surface area contributed by atoms with Crippen LogP contribution >= 0.6 is 15.9 Å². The van der Waals surface area contributed by atoms with Crippen molar-refractivity contribution < 1.29 is 4.79 Å². The Labute approximate surface area is 129 Å². The molecule has 0 bridgehead atoms. The van der Waals surface area contributed by atoms with Gasteiger partial charge in [0.2, 0.25) is 5.91 Å². The van der Waals surface area contributed by atoms with Crippen molar-refractivity contribution in [2.24, 2.45) is 0 Å². The Kier molecular flexibility index (Phi) is 5.57.